The van der Waals surface area contributed by atoms with Crippen molar-refractivity contribution in [2.45, 2.75) is 64.3 Å². The van der Waals surface area contributed by atoms with E-state index in [4.69, 9.17) is 9.47 Å². The summed E-state index contributed by atoms with van der Waals surface area (Å²) in [6, 6.07) is 6.03. The van der Waals surface area contributed by atoms with E-state index in [9.17, 15) is 22.8 Å². The molecule has 0 spiro atoms. The third-order valence-corrected chi connectivity index (χ3v) is 6.24. The van der Waals surface area contributed by atoms with Crippen molar-refractivity contribution < 1.29 is 32.3 Å². The zero-order valence-electron chi connectivity index (χ0n) is 23.2. The molecule has 3 rings (SSSR count). The fraction of sp³-hybridized carbons (Fsp3) is 0.500. The number of benzene rings is 1. The first-order valence-electron chi connectivity index (χ1n) is 12.5. The van der Waals surface area contributed by atoms with Crippen LogP contribution in [0.15, 0.2) is 29.4 Å². The summed E-state index contributed by atoms with van der Waals surface area (Å²) in [5, 5.41) is 4.81. The molecule has 0 radical (unpaired) electrons. The molecule has 1 aromatic carbocycles. The van der Waals surface area contributed by atoms with Crippen LogP contribution in [0.4, 0.5) is 10.5 Å². The highest BCUT2D eigenvalue weighted by atomic mass is 32.2. The van der Waals surface area contributed by atoms with E-state index in [2.05, 4.69) is 20.6 Å². The molecule has 12 nitrogen and oxygen atoms in total. The van der Waals surface area contributed by atoms with E-state index in [0.717, 1.165) is 6.26 Å². The van der Waals surface area contributed by atoms with Gasteiger partial charge in [0.15, 0.2) is 0 Å². The minimum atomic E-state index is -3.87. The van der Waals surface area contributed by atoms with Crippen molar-refractivity contribution in [3.8, 4) is 17.1 Å². The Kier molecular flexibility index (Phi) is 8.53. The number of anilines is 1. The largest absolute Gasteiger partial charge is 0.469 e. The molecule has 1 aliphatic heterocycles. The van der Waals surface area contributed by atoms with Gasteiger partial charge in [-0.15, -0.1) is 0 Å². The Hall–Kier alpha value is -3.74. The number of aromatic nitrogens is 2. The monoisotopic (exact) mass is 561 g/mol. The van der Waals surface area contributed by atoms with Crippen LogP contribution < -0.4 is 15.4 Å². The molecule has 1 aromatic heterocycles. The van der Waals surface area contributed by atoms with Crippen LogP contribution in [0.25, 0.3) is 11.3 Å². The molecule has 0 atom stereocenters. The van der Waals surface area contributed by atoms with Gasteiger partial charge in [0.1, 0.15) is 16.8 Å². The van der Waals surface area contributed by atoms with E-state index in [-0.39, 0.29) is 42.7 Å². The van der Waals surface area contributed by atoms with Crippen molar-refractivity contribution in [1.82, 2.24) is 20.2 Å². The second-order valence-corrected chi connectivity index (χ2v) is 12.7. The number of ether oxygens (including phenoxy) is 2. The van der Waals surface area contributed by atoms with Gasteiger partial charge in [-0.05, 0) is 53.7 Å². The zero-order chi connectivity index (χ0) is 29.2. The molecule has 1 aliphatic rings. The lowest BCUT2D eigenvalue weighted by molar-refractivity contribution is -0.155. The molecule has 2 heterocycles. The Morgan fingerprint density at radius 2 is 1.79 bits per heavy atom. The second kappa shape index (κ2) is 11.2. The Labute approximate surface area is 228 Å². The molecule has 0 saturated carbocycles. The lowest BCUT2D eigenvalue weighted by Crippen LogP contribution is -2.44. The van der Waals surface area contributed by atoms with Gasteiger partial charge in [-0.1, -0.05) is 12.1 Å². The Morgan fingerprint density at radius 1 is 1.15 bits per heavy atom. The van der Waals surface area contributed by atoms with Gasteiger partial charge >= 0.3 is 12.0 Å². The van der Waals surface area contributed by atoms with Crippen LogP contribution in [0.3, 0.4) is 0 Å². The van der Waals surface area contributed by atoms with Crippen LogP contribution in [-0.2, 0) is 19.4 Å². The van der Waals surface area contributed by atoms with Gasteiger partial charge in [-0.3, -0.25) is 9.59 Å². The molecule has 0 aliphatic carbocycles. The van der Waals surface area contributed by atoms with Crippen LogP contribution >= 0.6 is 0 Å². The van der Waals surface area contributed by atoms with Crippen molar-refractivity contribution in [1.29, 1.82) is 0 Å². The van der Waals surface area contributed by atoms with Crippen LogP contribution in [-0.4, -0.2) is 78.3 Å². The van der Waals surface area contributed by atoms with Gasteiger partial charge in [0, 0.05) is 30.6 Å². The molecule has 0 fully saturated rings. The van der Waals surface area contributed by atoms with Gasteiger partial charge in [-0.2, -0.15) is 4.98 Å². The molecular formula is C26H35N5O7S. The average Bonchev–Trinajstić information content (AvgIpc) is 2.89. The van der Waals surface area contributed by atoms with E-state index < -0.39 is 38.1 Å². The molecular weight excluding hydrogens is 526 g/mol. The maximum absolute atomic E-state index is 13.9. The SMILES string of the molecule is CCNC(=O)Nc1ccc(-c2nc(S(C)(=O)=O)nc3c2C(=O)N(CCC(=O)OC(C)(C)C)CC(C)(C)O3)cc1. The Morgan fingerprint density at radius 3 is 2.36 bits per heavy atom. The summed E-state index contributed by atoms with van der Waals surface area (Å²) in [6.07, 6.45) is 0.918. The van der Waals surface area contributed by atoms with Crippen LogP contribution in [0.1, 0.15) is 58.3 Å². The minimum absolute atomic E-state index is 0.0263. The third-order valence-electron chi connectivity index (χ3n) is 5.39. The topological polar surface area (TPSA) is 157 Å². The average molecular weight is 562 g/mol. The van der Waals surface area contributed by atoms with E-state index >= 15 is 0 Å². The number of urea groups is 1. The molecule has 2 N–H and O–H groups in total. The highest BCUT2D eigenvalue weighted by Crippen LogP contribution is 2.35. The number of amides is 3. The van der Waals surface area contributed by atoms with E-state index in [0.29, 0.717) is 17.8 Å². The first kappa shape index (κ1) is 29.8. The number of nitrogens with zero attached hydrogens (tertiary/aromatic N) is 3. The predicted octanol–water partition coefficient (Wildman–Crippen LogP) is 3.03. The summed E-state index contributed by atoms with van der Waals surface area (Å²) in [7, 11) is -3.87. The molecule has 39 heavy (non-hydrogen) atoms. The highest BCUT2D eigenvalue weighted by molar-refractivity contribution is 7.90. The van der Waals surface area contributed by atoms with Crippen molar-refractivity contribution in [3.63, 3.8) is 0 Å². The first-order chi connectivity index (χ1) is 18.0. The number of esters is 1. The van der Waals surface area contributed by atoms with Crippen LogP contribution in [0, 0.1) is 0 Å². The molecule has 2 aromatic rings. The van der Waals surface area contributed by atoms with Crippen LogP contribution in [0.5, 0.6) is 5.88 Å². The van der Waals surface area contributed by atoms with Crippen molar-refractivity contribution >= 4 is 33.4 Å². The summed E-state index contributed by atoms with van der Waals surface area (Å²) in [5.74, 6) is -1.14. The number of sulfone groups is 1. The van der Waals surface area contributed by atoms with Gasteiger partial charge in [0.2, 0.25) is 15.7 Å². The molecule has 212 valence electrons. The molecule has 3 amide bonds. The summed E-state index contributed by atoms with van der Waals surface area (Å²) < 4.78 is 36.3. The molecule has 0 saturated heterocycles. The fourth-order valence-electron chi connectivity index (χ4n) is 3.89. The van der Waals surface area contributed by atoms with Gasteiger partial charge in [-0.25, -0.2) is 18.2 Å². The van der Waals surface area contributed by atoms with E-state index in [1.54, 1.807) is 65.8 Å². The first-order valence-corrected chi connectivity index (χ1v) is 14.4. The van der Waals surface area contributed by atoms with Gasteiger partial charge in [0.05, 0.1) is 18.7 Å². The number of carbonyl (C=O) groups is 3. The van der Waals surface area contributed by atoms with Crippen molar-refractivity contribution in [2.75, 3.05) is 31.2 Å². The zero-order valence-corrected chi connectivity index (χ0v) is 24.1. The van der Waals surface area contributed by atoms with E-state index in [1.165, 1.54) is 4.90 Å². The summed E-state index contributed by atoms with van der Waals surface area (Å²) >= 11 is 0. The number of hydrogen-bond donors (Lipinski definition) is 2. The molecule has 13 heteroatoms. The van der Waals surface area contributed by atoms with Crippen LogP contribution in [0.2, 0.25) is 0 Å². The number of carbonyl (C=O) groups excluding carboxylic acids is 3. The summed E-state index contributed by atoms with van der Waals surface area (Å²) in [5.41, 5.74) is -0.720. The van der Waals surface area contributed by atoms with Gasteiger partial charge < -0.3 is 25.0 Å². The smallest absolute Gasteiger partial charge is 0.319 e. The van der Waals surface area contributed by atoms with Crippen molar-refractivity contribution in [2.24, 2.45) is 0 Å². The maximum atomic E-state index is 13.9. The molecule has 0 unspecified atom stereocenters. The minimum Gasteiger partial charge on any atom is -0.469 e. The summed E-state index contributed by atoms with van der Waals surface area (Å²) in [6.45, 7) is 11.1. The number of nitrogens with one attached hydrogen (secondary N) is 2. The fourth-order valence-corrected chi connectivity index (χ4v) is 4.40. The van der Waals surface area contributed by atoms with E-state index in [1.807, 2.05) is 0 Å². The molecule has 0 bridgehead atoms. The lowest BCUT2D eigenvalue weighted by atomic mass is 10.0. The quantitative estimate of drug-likeness (QED) is 0.383. The second-order valence-electron chi connectivity index (χ2n) is 10.8. The predicted molar refractivity (Wildman–Crippen MR) is 144 cm³/mol. The number of rotatable bonds is 7. The summed E-state index contributed by atoms with van der Waals surface area (Å²) in [4.78, 5) is 47.9. The number of hydrogen-bond acceptors (Lipinski definition) is 9. The third kappa shape index (κ3) is 7.88. The highest BCUT2D eigenvalue weighted by Gasteiger charge is 2.38. The Bertz CT molecular complexity index is 1370. The maximum Gasteiger partial charge on any atom is 0.319 e. The van der Waals surface area contributed by atoms with Crippen molar-refractivity contribution in [3.05, 3.63) is 29.8 Å². The lowest BCUT2D eigenvalue weighted by Gasteiger charge is -2.29. The normalized spacial score (nSPS) is 15.1. The number of fused-ring (bicyclic) bond motifs is 1. The van der Waals surface area contributed by atoms with Gasteiger partial charge in [0.25, 0.3) is 11.1 Å². The standard InChI is InChI=1S/C26H35N5O7S/c1-8-27-23(34)28-17-11-9-16(10-12-17)20-19-21(30-24(29-20)39(7,35)36)38-26(5,6)15-31(22(19)33)14-13-18(32)37-25(2,3)4/h9-12H,8,13-15H2,1-7H3,(H2,27,28,34). The Balaban J connectivity index is 2.07.